The number of nitrogens with one attached hydrogen (secondary N) is 1. The molecule has 0 bridgehead atoms. The van der Waals surface area contributed by atoms with Gasteiger partial charge in [0.15, 0.2) is 0 Å². The molecule has 0 atom stereocenters. The number of benzene rings is 4. The molecular weight excluding hydrogens is 560 g/mol. The maximum atomic E-state index is 9.59. The number of nitriles is 2. The van der Waals surface area contributed by atoms with Gasteiger partial charge in [0, 0.05) is 29.1 Å². The van der Waals surface area contributed by atoms with Crippen LogP contribution in [-0.2, 0) is 5.41 Å². The van der Waals surface area contributed by atoms with Crippen molar-refractivity contribution in [2.75, 3.05) is 0 Å². The van der Waals surface area contributed by atoms with Gasteiger partial charge in [-0.1, -0.05) is 92.0 Å². The van der Waals surface area contributed by atoms with Crippen molar-refractivity contribution in [3.05, 3.63) is 166 Å². The molecule has 3 N–H and O–H groups in total. The first kappa shape index (κ1) is 29.8. The lowest BCUT2D eigenvalue weighted by molar-refractivity contribution is 0.793. The SMILES string of the molecule is C=Cc1c(/C=C\C)c(/C(C=N)=C/C(=C)C#N)cc2c1-c1ccc(C(/C=C(\C)C#N)=C/N)cc1C21c2ccccc2-c2ccccc21. The molecule has 1 spiro atoms. The highest BCUT2D eigenvalue weighted by Crippen LogP contribution is 2.64. The van der Waals surface area contributed by atoms with Crippen molar-refractivity contribution in [3.8, 4) is 34.4 Å². The van der Waals surface area contributed by atoms with Crippen molar-refractivity contribution in [3.63, 3.8) is 0 Å². The van der Waals surface area contributed by atoms with E-state index >= 15 is 0 Å². The van der Waals surface area contributed by atoms with Crippen molar-refractivity contribution >= 4 is 29.5 Å². The highest BCUT2D eigenvalue weighted by molar-refractivity contribution is 6.12. The van der Waals surface area contributed by atoms with E-state index in [1.165, 1.54) is 6.21 Å². The van der Waals surface area contributed by atoms with Crippen LogP contribution in [-0.4, -0.2) is 6.21 Å². The summed E-state index contributed by atoms with van der Waals surface area (Å²) in [5, 5.41) is 27.5. The minimum atomic E-state index is -0.693. The first-order chi connectivity index (χ1) is 22.4. The zero-order valence-corrected chi connectivity index (χ0v) is 25.9. The van der Waals surface area contributed by atoms with Gasteiger partial charge in [-0.2, -0.15) is 10.5 Å². The van der Waals surface area contributed by atoms with E-state index in [1.54, 1.807) is 19.2 Å². The summed E-state index contributed by atoms with van der Waals surface area (Å²) in [5.41, 5.74) is 20.2. The number of nitrogens with zero attached hydrogens (tertiary/aromatic N) is 2. The quantitative estimate of drug-likeness (QED) is 0.110. The summed E-state index contributed by atoms with van der Waals surface area (Å²) in [6.07, 6.45) is 12.2. The Morgan fingerprint density at radius 2 is 1.50 bits per heavy atom. The molecule has 4 aromatic rings. The van der Waals surface area contributed by atoms with Crippen LogP contribution < -0.4 is 5.73 Å². The molecule has 0 aliphatic heterocycles. The molecule has 4 nitrogen and oxygen atoms in total. The van der Waals surface area contributed by atoms with Gasteiger partial charge in [-0.05, 0) is 110 Å². The van der Waals surface area contributed by atoms with Crippen LogP contribution in [0.1, 0.15) is 58.4 Å². The molecule has 0 fully saturated rings. The van der Waals surface area contributed by atoms with E-state index in [1.807, 2.05) is 31.2 Å². The molecule has 220 valence electrons. The normalized spacial score (nSPS) is 14.2. The molecule has 0 radical (unpaired) electrons. The molecule has 0 aromatic heterocycles. The van der Waals surface area contributed by atoms with Gasteiger partial charge in [0.25, 0.3) is 0 Å². The zero-order chi connectivity index (χ0) is 32.6. The average Bonchev–Trinajstić information content (AvgIpc) is 3.55. The fourth-order valence-electron chi connectivity index (χ4n) is 7.23. The minimum Gasteiger partial charge on any atom is -0.404 e. The number of fused-ring (bicyclic) bond motifs is 10. The van der Waals surface area contributed by atoms with Crippen LogP contribution in [0, 0.1) is 28.1 Å². The third-order valence-electron chi connectivity index (χ3n) is 9.00. The Hall–Kier alpha value is -6.23. The van der Waals surface area contributed by atoms with E-state index in [0.717, 1.165) is 72.3 Å². The summed E-state index contributed by atoms with van der Waals surface area (Å²) >= 11 is 0. The van der Waals surface area contributed by atoms with Crippen LogP contribution in [0.4, 0.5) is 0 Å². The molecule has 0 unspecified atom stereocenters. The van der Waals surface area contributed by atoms with E-state index in [0.29, 0.717) is 11.1 Å². The van der Waals surface area contributed by atoms with Crippen molar-refractivity contribution < 1.29 is 0 Å². The fourth-order valence-corrected chi connectivity index (χ4v) is 7.23. The second-order valence-corrected chi connectivity index (χ2v) is 11.4. The zero-order valence-electron chi connectivity index (χ0n) is 25.9. The number of rotatable bonds is 7. The summed E-state index contributed by atoms with van der Waals surface area (Å²) in [5.74, 6) is 0. The van der Waals surface area contributed by atoms with Crippen LogP contribution in [0.25, 0.3) is 45.6 Å². The average molecular weight is 593 g/mol. The maximum absolute atomic E-state index is 9.59. The summed E-state index contributed by atoms with van der Waals surface area (Å²) in [6.45, 7) is 11.9. The van der Waals surface area contributed by atoms with Crippen molar-refractivity contribution in [1.29, 1.82) is 15.9 Å². The van der Waals surface area contributed by atoms with Gasteiger partial charge in [-0.25, -0.2) is 0 Å². The topological polar surface area (TPSA) is 97.5 Å². The molecule has 0 saturated carbocycles. The Morgan fingerprint density at radius 3 is 2.07 bits per heavy atom. The molecule has 6 rings (SSSR count). The molecular formula is C42H32N4. The predicted octanol–water partition coefficient (Wildman–Crippen LogP) is 9.59. The fraction of sp³-hybridized carbons (Fsp3) is 0.0714. The lowest BCUT2D eigenvalue weighted by Gasteiger charge is -2.31. The third-order valence-corrected chi connectivity index (χ3v) is 9.00. The van der Waals surface area contributed by atoms with Gasteiger partial charge in [0.2, 0.25) is 0 Å². The summed E-state index contributed by atoms with van der Waals surface area (Å²) in [6, 6.07) is 30.0. The van der Waals surface area contributed by atoms with E-state index < -0.39 is 5.41 Å². The molecule has 46 heavy (non-hydrogen) atoms. The number of nitrogens with two attached hydrogens (primary N) is 1. The molecule has 4 aromatic carbocycles. The van der Waals surface area contributed by atoms with Crippen LogP contribution in [0.2, 0.25) is 0 Å². The Kier molecular flexibility index (Phi) is 7.58. The van der Waals surface area contributed by atoms with Gasteiger partial charge in [0.1, 0.15) is 0 Å². The molecule has 0 amide bonds. The largest absolute Gasteiger partial charge is 0.404 e. The van der Waals surface area contributed by atoms with Gasteiger partial charge in [-0.3, -0.25) is 0 Å². The highest BCUT2D eigenvalue weighted by atomic mass is 14.5. The third kappa shape index (κ3) is 4.24. The Labute approximate surface area is 270 Å². The van der Waals surface area contributed by atoms with Gasteiger partial charge < -0.3 is 11.1 Å². The monoisotopic (exact) mass is 592 g/mol. The molecule has 0 heterocycles. The number of allylic oxidation sites excluding steroid dienone is 7. The maximum Gasteiger partial charge on any atom is 0.0985 e. The highest BCUT2D eigenvalue weighted by Gasteiger charge is 2.52. The Bertz CT molecular complexity index is 2160. The molecule has 4 heteroatoms. The van der Waals surface area contributed by atoms with Crippen LogP contribution in [0.15, 0.2) is 122 Å². The van der Waals surface area contributed by atoms with Gasteiger partial charge >= 0.3 is 0 Å². The van der Waals surface area contributed by atoms with E-state index in [-0.39, 0.29) is 5.57 Å². The van der Waals surface area contributed by atoms with E-state index in [2.05, 4.69) is 98.1 Å². The summed E-state index contributed by atoms with van der Waals surface area (Å²) < 4.78 is 0. The van der Waals surface area contributed by atoms with Crippen LogP contribution in [0.3, 0.4) is 0 Å². The molecule has 0 saturated heterocycles. The van der Waals surface area contributed by atoms with Gasteiger partial charge in [-0.15, -0.1) is 0 Å². The lowest BCUT2D eigenvalue weighted by atomic mass is 9.69. The first-order valence-corrected chi connectivity index (χ1v) is 15.0. The summed E-state index contributed by atoms with van der Waals surface area (Å²) in [7, 11) is 0. The standard InChI is InChI=1S/C42H32N4/c1-5-11-32-31(6-2)41-35-17-16-28(29(24-45)18-26(3)22-43)20-39(35)42(40(41)21-36(32)30(25-46)19-27(4)23-44)37-14-9-7-12-33(37)34-13-8-10-15-38(34)42/h5-21,24-25,46H,2,4,45H2,1,3H3/b11-5-,26-18+,29-24+,30-19+,46-25?. The van der Waals surface area contributed by atoms with Crippen LogP contribution >= 0.6 is 0 Å². The van der Waals surface area contributed by atoms with Gasteiger partial charge in [0.05, 0.1) is 17.6 Å². The molecule has 2 aliphatic rings. The first-order valence-electron chi connectivity index (χ1n) is 15.0. The number of hydrogen-bond acceptors (Lipinski definition) is 4. The Balaban J connectivity index is 1.84. The second-order valence-electron chi connectivity index (χ2n) is 11.4. The molecule has 2 aliphatic carbocycles. The Morgan fingerprint density at radius 1 is 0.826 bits per heavy atom. The van der Waals surface area contributed by atoms with E-state index in [9.17, 15) is 10.5 Å². The smallest absolute Gasteiger partial charge is 0.0985 e. The second kappa shape index (κ2) is 11.7. The minimum absolute atomic E-state index is 0.270. The summed E-state index contributed by atoms with van der Waals surface area (Å²) in [4.78, 5) is 0. The van der Waals surface area contributed by atoms with Crippen molar-refractivity contribution in [1.82, 2.24) is 0 Å². The lowest BCUT2D eigenvalue weighted by Crippen LogP contribution is -2.26. The van der Waals surface area contributed by atoms with E-state index in [4.69, 9.17) is 11.1 Å². The number of hydrogen-bond donors (Lipinski definition) is 2. The van der Waals surface area contributed by atoms with Crippen molar-refractivity contribution in [2.45, 2.75) is 19.3 Å². The predicted molar refractivity (Wildman–Crippen MR) is 191 cm³/mol. The van der Waals surface area contributed by atoms with Crippen LogP contribution in [0.5, 0.6) is 0 Å². The van der Waals surface area contributed by atoms with Crippen molar-refractivity contribution in [2.24, 2.45) is 5.73 Å².